The number of amides is 1. The second-order valence-electron chi connectivity index (χ2n) is 5.39. The monoisotopic (exact) mass is 350 g/mol. The molecule has 128 valence electrons. The van der Waals surface area contributed by atoms with Gasteiger partial charge in [0.1, 0.15) is 5.82 Å². The van der Waals surface area contributed by atoms with Crippen LogP contribution in [0.5, 0.6) is 0 Å². The number of sulfonamides is 1. The molecule has 0 bridgehead atoms. The van der Waals surface area contributed by atoms with Crippen molar-refractivity contribution in [2.24, 2.45) is 0 Å². The normalized spacial score (nSPS) is 11.2. The lowest BCUT2D eigenvalue weighted by Crippen LogP contribution is -2.34. The minimum absolute atomic E-state index is 0.0283. The van der Waals surface area contributed by atoms with Crippen LogP contribution in [-0.4, -0.2) is 26.6 Å². The number of benzene rings is 2. The Bertz CT molecular complexity index is 788. The molecule has 2 N–H and O–H groups in total. The molecule has 0 fully saturated rings. The first-order valence-corrected chi connectivity index (χ1v) is 9.07. The highest BCUT2D eigenvalue weighted by Crippen LogP contribution is 2.04. The largest absolute Gasteiger partial charge is 0.351 e. The topological polar surface area (TPSA) is 75.3 Å². The van der Waals surface area contributed by atoms with E-state index < -0.39 is 21.7 Å². The highest BCUT2D eigenvalue weighted by molar-refractivity contribution is 7.89. The minimum Gasteiger partial charge on any atom is -0.351 e. The Hall–Kier alpha value is -2.25. The van der Waals surface area contributed by atoms with Crippen LogP contribution in [0.3, 0.4) is 0 Å². The van der Waals surface area contributed by atoms with Gasteiger partial charge in [0, 0.05) is 18.7 Å². The number of carbonyl (C=O) groups is 1. The molecule has 0 aliphatic carbocycles. The predicted molar refractivity (Wildman–Crippen MR) is 90.5 cm³/mol. The molecule has 0 unspecified atom stereocenters. The molecule has 0 aliphatic rings. The summed E-state index contributed by atoms with van der Waals surface area (Å²) in [6.45, 7) is 2.13. The summed E-state index contributed by atoms with van der Waals surface area (Å²) in [5.74, 6) is -1.11. The van der Waals surface area contributed by atoms with Crippen molar-refractivity contribution in [1.82, 2.24) is 10.0 Å². The summed E-state index contributed by atoms with van der Waals surface area (Å²) in [5.41, 5.74) is 2.24. The molecule has 2 aromatic carbocycles. The van der Waals surface area contributed by atoms with Crippen LogP contribution in [0, 0.1) is 12.7 Å². The maximum Gasteiger partial charge on any atom is 0.251 e. The molecule has 7 heteroatoms. The van der Waals surface area contributed by atoms with Gasteiger partial charge in [0.05, 0.1) is 5.75 Å². The molecule has 0 spiro atoms. The molecule has 1 amide bonds. The fraction of sp³-hybridized carbons (Fsp3) is 0.235. The van der Waals surface area contributed by atoms with Crippen molar-refractivity contribution >= 4 is 15.9 Å². The summed E-state index contributed by atoms with van der Waals surface area (Å²) in [6.07, 6.45) is 0. The van der Waals surface area contributed by atoms with Crippen LogP contribution < -0.4 is 10.0 Å². The first-order chi connectivity index (χ1) is 11.4. The maximum atomic E-state index is 12.8. The van der Waals surface area contributed by atoms with E-state index in [2.05, 4.69) is 10.0 Å². The Morgan fingerprint density at radius 2 is 1.67 bits per heavy atom. The van der Waals surface area contributed by atoms with E-state index in [1.807, 2.05) is 31.2 Å². The van der Waals surface area contributed by atoms with E-state index in [1.165, 1.54) is 24.3 Å². The van der Waals surface area contributed by atoms with Gasteiger partial charge in [0.25, 0.3) is 5.91 Å². The van der Waals surface area contributed by atoms with E-state index in [0.29, 0.717) is 0 Å². The Morgan fingerprint density at radius 1 is 1.04 bits per heavy atom. The van der Waals surface area contributed by atoms with Gasteiger partial charge in [-0.1, -0.05) is 29.8 Å². The summed E-state index contributed by atoms with van der Waals surface area (Å²) in [4.78, 5) is 11.8. The van der Waals surface area contributed by atoms with E-state index in [9.17, 15) is 17.6 Å². The SMILES string of the molecule is Cc1ccc(CNS(=O)(=O)CCNC(=O)c2ccc(F)cc2)cc1. The van der Waals surface area contributed by atoms with Crippen LogP contribution in [0.4, 0.5) is 4.39 Å². The van der Waals surface area contributed by atoms with Gasteiger partial charge in [-0.25, -0.2) is 17.5 Å². The Balaban J connectivity index is 1.78. The molecule has 0 aliphatic heterocycles. The smallest absolute Gasteiger partial charge is 0.251 e. The van der Waals surface area contributed by atoms with E-state index >= 15 is 0 Å². The van der Waals surface area contributed by atoms with Crippen molar-refractivity contribution in [2.45, 2.75) is 13.5 Å². The molecule has 0 atom stereocenters. The van der Waals surface area contributed by atoms with Crippen LogP contribution in [0.15, 0.2) is 48.5 Å². The molecule has 24 heavy (non-hydrogen) atoms. The Morgan fingerprint density at radius 3 is 2.29 bits per heavy atom. The zero-order valence-electron chi connectivity index (χ0n) is 13.3. The van der Waals surface area contributed by atoms with E-state index in [1.54, 1.807) is 0 Å². The Labute approximate surface area is 141 Å². The van der Waals surface area contributed by atoms with Gasteiger partial charge in [-0.15, -0.1) is 0 Å². The fourth-order valence-electron chi connectivity index (χ4n) is 1.97. The lowest BCUT2D eigenvalue weighted by atomic mass is 10.2. The fourth-order valence-corrected chi connectivity index (χ4v) is 2.88. The molecule has 0 saturated heterocycles. The van der Waals surface area contributed by atoms with Crippen molar-refractivity contribution in [3.63, 3.8) is 0 Å². The van der Waals surface area contributed by atoms with Gasteiger partial charge < -0.3 is 5.32 Å². The molecule has 2 aromatic rings. The van der Waals surface area contributed by atoms with E-state index in [4.69, 9.17) is 0 Å². The standard InChI is InChI=1S/C17H19FN2O3S/c1-13-2-4-14(5-3-13)12-20-24(22,23)11-10-19-17(21)15-6-8-16(18)9-7-15/h2-9,20H,10-12H2,1H3,(H,19,21). The zero-order valence-corrected chi connectivity index (χ0v) is 14.1. The molecule has 5 nitrogen and oxygen atoms in total. The molecular weight excluding hydrogens is 331 g/mol. The number of carbonyl (C=O) groups excluding carboxylic acids is 1. The Kier molecular flexibility index (Phi) is 6.05. The summed E-state index contributed by atoms with van der Waals surface area (Å²) in [5, 5.41) is 2.50. The van der Waals surface area contributed by atoms with Gasteiger partial charge in [-0.3, -0.25) is 4.79 Å². The zero-order chi connectivity index (χ0) is 17.6. The van der Waals surface area contributed by atoms with Crippen molar-refractivity contribution in [3.05, 3.63) is 71.0 Å². The molecule has 0 saturated carbocycles. The maximum absolute atomic E-state index is 12.8. The number of halogens is 1. The molecule has 0 aromatic heterocycles. The lowest BCUT2D eigenvalue weighted by molar-refractivity contribution is 0.0956. The number of hydrogen-bond acceptors (Lipinski definition) is 3. The minimum atomic E-state index is -3.50. The first-order valence-electron chi connectivity index (χ1n) is 7.42. The summed E-state index contributed by atoms with van der Waals surface area (Å²) in [6, 6.07) is 12.6. The van der Waals surface area contributed by atoms with Crippen molar-refractivity contribution in [1.29, 1.82) is 0 Å². The number of hydrogen-bond donors (Lipinski definition) is 2. The summed E-state index contributed by atoms with van der Waals surface area (Å²) in [7, 11) is -3.50. The first kappa shape index (κ1) is 18.1. The third-order valence-corrected chi connectivity index (χ3v) is 4.71. The predicted octanol–water partition coefficient (Wildman–Crippen LogP) is 1.98. The summed E-state index contributed by atoms with van der Waals surface area (Å²) < 4.78 is 39.1. The van der Waals surface area contributed by atoms with Crippen LogP contribution in [0.25, 0.3) is 0 Å². The van der Waals surface area contributed by atoms with E-state index in [0.717, 1.165) is 11.1 Å². The van der Waals surface area contributed by atoms with Gasteiger partial charge in [-0.05, 0) is 36.8 Å². The number of aryl methyl sites for hydroxylation is 1. The third kappa shape index (κ3) is 5.75. The lowest BCUT2D eigenvalue weighted by Gasteiger charge is -2.08. The average Bonchev–Trinajstić information content (AvgIpc) is 2.55. The molecule has 0 heterocycles. The quantitative estimate of drug-likeness (QED) is 0.802. The van der Waals surface area contributed by atoms with Crippen LogP contribution in [-0.2, 0) is 16.6 Å². The average molecular weight is 350 g/mol. The summed E-state index contributed by atoms with van der Waals surface area (Å²) >= 11 is 0. The third-order valence-electron chi connectivity index (χ3n) is 3.38. The van der Waals surface area contributed by atoms with Crippen LogP contribution in [0.1, 0.15) is 21.5 Å². The molecule has 0 radical (unpaired) electrons. The molecular formula is C17H19FN2O3S. The van der Waals surface area contributed by atoms with Crippen LogP contribution >= 0.6 is 0 Å². The van der Waals surface area contributed by atoms with Crippen LogP contribution in [0.2, 0.25) is 0 Å². The van der Waals surface area contributed by atoms with Gasteiger partial charge in [0.15, 0.2) is 0 Å². The number of rotatable bonds is 7. The van der Waals surface area contributed by atoms with Crippen molar-refractivity contribution in [3.8, 4) is 0 Å². The highest BCUT2D eigenvalue weighted by Gasteiger charge is 2.11. The van der Waals surface area contributed by atoms with Gasteiger partial charge in [0.2, 0.25) is 10.0 Å². The van der Waals surface area contributed by atoms with Gasteiger partial charge in [-0.2, -0.15) is 0 Å². The van der Waals surface area contributed by atoms with E-state index in [-0.39, 0.29) is 24.4 Å². The van der Waals surface area contributed by atoms with Crippen molar-refractivity contribution in [2.75, 3.05) is 12.3 Å². The second kappa shape index (κ2) is 8.03. The van der Waals surface area contributed by atoms with Gasteiger partial charge >= 0.3 is 0 Å². The highest BCUT2D eigenvalue weighted by atomic mass is 32.2. The molecule has 2 rings (SSSR count). The second-order valence-corrected chi connectivity index (χ2v) is 7.31. The van der Waals surface area contributed by atoms with Crippen molar-refractivity contribution < 1.29 is 17.6 Å². The number of nitrogens with one attached hydrogen (secondary N) is 2.